The Morgan fingerprint density at radius 1 is 1.08 bits per heavy atom. The van der Waals surface area contributed by atoms with Crippen molar-refractivity contribution in [3.05, 3.63) is 28.4 Å². The maximum absolute atomic E-state index is 15.5. The molecule has 2 aliphatic rings. The molecule has 0 atom stereocenters. The van der Waals surface area contributed by atoms with Gasteiger partial charge in [0.2, 0.25) is 5.76 Å². The molecule has 1 saturated heterocycles. The van der Waals surface area contributed by atoms with E-state index < -0.39 is 30.0 Å². The van der Waals surface area contributed by atoms with E-state index in [-0.39, 0.29) is 11.2 Å². The third-order valence-electron chi connectivity index (χ3n) is 5.76. The molecule has 0 amide bonds. The normalized spacial score (nSPS) is 25.2. The molecule has 142 valence electrons. The fraction of sp³-hybridized carbons (Fsp3) is 0.632. The lowest BCUT2D eigenvalue weighted by molar-refractivity contribution is 0.00578. The average molecular weight is 364 g/mol. The molecular formula is C19H26BFO5. The summed E-state index contributed by atoms with van der Waals surface area (Å²) in [5.41, 5.74) is -0.648. The number of carboxylic acids is 1. The van der Waals surface area contributed by atoms with E-state index in [1.54, 1.807) is 6.92 Å². The SMILES string of the molecule is Cc1c(C(=O)O)oc2c1C(=C(F)B1OC(C)(C)C(C)(C)O1)CC(C)(C)C2. The Morgan fingerprint density at radius 2 is 1.62 bits per heavy atom. The van der Waals surface area contributed by atoms with Gasteiger partial charge in [-0.25, -0.2) is 9.18 Å². The number of allylic oxidation sites excluding steroid dienone is 1. The molecule has 5 nitrogen and oxygen atoms in total. The van der Waals surface area contributed by atoms with E-state index in [1.165, 1.54) is 0 Å². The molecule has 1 N–H and O–H groups in total. The molecule has 1 aliphatic carbocycles. The van der Waals surface area contributed by atoms with Crippen molar-refractivity contribution in [3.8, 4) is 0 Å². The summed E-state index contributed by atoms with van der Waals surface area (Å²) in [6.45, 7) is 13.1. The second kappa shape index (κ2) is 5.70. The molecule has 26 heavy (non-hydrogen) atoms. The van der Waals surface area contributed by atoms with E-state index in [0.717, 1.165) is 0 Å². The van der Waals surface area contributed by atoms with Crippen molar-refractivity contribution in [2.45, 2.75) is 72.5 Å². The van der Waals surface area contributed by atoms with Gasteiger partial charge in [-0.05, 0) is 52.0 Å². The number of fused-ring (bicyclic) bond motifs is 1. The van der Waals surface area contributed by atoms with Crippen molar-refractivity contribution in [2.24, 2.45) is 5.41 Å². The van der Waals surface area contributed by atoms with Crippen molar-refractivity contribution in [3.63, 3.8) is 0 Å². The number of hydrogen-bond donors (Lipinski definition) is 1. The summed E-state index contributed by atoms with van der Waals surface area (Å²) in [6, 6.07) is 0. The number of rotatable bonds is 2. The summed E-state index contributed by atoms with van der Waals surface area (Å²) >= 11 is 0. The number of hydrogen-bond acceptors (Lipinski definition) is 4. The first-order valence-corrected chi connectivity index (χ1v) is 8.86. The van der Waals surface area contributed by atoms with Crippen molar-refractivity contribution in [2.75, 3.05) is 0 Å². The predicted molar refractivity (Wildman–Crippen MR) is 96.6 cm³/mol. The van der Waals surface area contributed by atoms with Gasteiger partial charge in [-0.2, -0.15) is 0 Å². The molecular weight excluding hydrogens is 338 g/mol. The lowest BCUT2D eigenvalue weighted by Gasteiger charge is -2.32. The van der Waals surface area contributed by atoms with Crippen LogP contribution < -0.4 is 0 Å². The van der Waals surface area contributed by atoms with Gasteiger partial charge in [0, 0.05) is 17.5 Å². The van der Waals surface area contributed by atoms with E-state index in [0.29, 0.717) is 35.3 Å². The minimum Gasteiger partial charge on any atom is -0.475 e. The van der Waals surface area contributed by atoms with Crippen LogP contribution in [-0.4, -0.2) is 29.4 Å². The molecule has 2 heterocycles. The molecule has 0 aromatic carbocycles. The van der Waals surface area contributed by atoms with E-state index in [2.05, 4.69) is 0 Å². The fourth-order valence-electron chi connectivity index (χ4n) is 3.65. The molecule has 3 rings (SSSR count). The Bertz CT molecular complexity index is 787. The lowest BCUT2D eigenvalue weighted by Crippen LogP contribution is -2.41. The topological polar surface area (TPSA) is 68.9 Å². The second-order valence-corrected chi connectivity index (χ2v) is 9.09. The molecule has 1 fully saturated rings. The summed E-state index contributed by atoms with van der Waals surface area (Å²) in [5.74, 6) is -0.769. The largest absolute Gasteiger partial charge is 0.525 e. The zero-order chi connectivity index (χ0) is 19.7. The van der Waals surface area contributed by atoms with Gasteiger partial charge in [-0.15, -0.1) is 0 Å². The van der Waals surface area contributed by atoms with Crippen LogP contribution in [0, 0.1) is 12.3 Å². The first-order valence-electron chi connectivity index (χ1n) is 8.86. The van der Waals surface area contributed by atoms with Crippen LogP contribution in [0.15, 0.2) is 10.1 Å². The Morgan fingerprint density at radius 3 is 2.12 bits per heavy atom. The standard InChI is InChI=1S/C19H26BFO5/c1-10-13-11(15(21)20-25-18(4,5)19(6,7)26-20)8-17(2,3)9-12(13)24-14(10)16(22)23/h8-9H2,1-7H3,(H,22,23). The highest BCUT2D eigenvalue weighted by Gasteiger charge is 2.54. The quantitative estimate of drug-likeness (QED) is 0.779. The minimum absolute atomic E-state index is 0.132. The van der Waals surface area contributed by atoms with Crippen LogP contribution in [0.3, 0.4) is 0 Å². The maximum atomic E-state index is 15.5. The van der Waals surface area contributed by atoms with Gasteiger partial charge in [0.15, 0.2) is 0 Å². The van der Waals surface area contributed by atoms with Crippen LogP contribution in [0.1, 0.15) is 75.4 Å². The molecule has 0 radical (unpaired) electrons. The van der Waals surface area contributed by atoms with Crippen molar-refractivity contribution in [1.82, 2.24) is 0 Å². The third-order valence-corrected chi connectivity index (χ3v) is 5.76. The van der Waals surface area contributed by atoms with Crippen molar-refractivity contribution < 1.29 is 28.0 Å². The van der Waals surface area contributed by atoms with E-state index in [1.807, 2.05) is 41.5 Å². The fourth-order valence-corrected chi connectivity index (χ4v) is 3.65. The number of furan rings is 1. The lowest BCUT2D eigenvalue weighted by atomic mass is 9.70. The summed E-state index contributed by atoms with van der Waals surface area (Å²) in [5, 5.41) is 9.37. The summed E-state index contributed by atoms with van der Waals surface area (Å²) in [7, 11) is -1.11. The van der Waals surface area contributed by atoms with Crippen LogP contribution in [-0.2, 0) is 15.7 Å². The summed E-state index contributed by atoms with van der Waals surface area (Å²) in [4.78, 5) is 11.5. The zero-order valence-electron chi connectivity index (χ0n) is 16.4. The number of carbonyl (C=O) groups is 1. The third kappa shape index (κ3) is 2.91. The molecule has 1 aromatic rings. The molecule has 0 bridgehead atoms. The Kier molecular flexibility index (Phi) is 4.20. The van der Waals surface area contributed by atoms with Crippen LogP contribution in [0.25, 0.3) is 5.57 Å². The molecule has 0 spiro atoms. The maximum Gasteiger partial charge on any atom is 0.525 e. The number of halogens is 1. The van der Waals surface area contributed by atoms with Gasteiger partial charge < -0.3 is 18.8 Å². The molecule has 0 saturated carbocycles. The smallest absolute Gasteiger partial charge is 0.475 e. The Hall–Kier alpha value is -1.60. The van der Waals surface area contributed by atoms with Gasteiger partial charge >= 0.3 is 13.1 Å². The number of carboxylic acid groups (broad SMARTS) is 1. The van der Waals surface area contributed by atoms with Gasteiger partial charge in [0.25, 0.3) is 0 Å². The highest BCUT2D eigenvalue weighted by atomic mass is 19.1. The van der Waals surface area contributed by atoms with Crippen molar-refractivity contribution >= 4 is 18.7 Å². The first kappa shape index (κ1) is 19.2. The zero-order valence-corrected chi connectivity index (χ0v) is 16.4. The van der Waals surface area contributed by atoms with Crippen LogP contribution in [0.4, 0.5) is 4.39 Å². The highest BCUT2D eigenvalue weighted by Crippen LogP contribution is 2.48. The Balaban J connectivity index is 2.13. The minimum atomic E-state index is -1.15. The second-order valence-electron chi connectivity index (χ2n) is 9.09. The van der Waals surface area contributed by atoms with Gasteiger partial charge in [-0.3, -0.25) is 0 Å². The molecule has 7 heteroatoms. The van der Waals surface area contributed by atoms with Crippen molar-refractivity contribution in [1.29, 1.82) is 0 Å². The van der Waals surface area contributed by atoms with Gasteiger partial charge in [0.1, 0.15) is 11.5 Å². The predicted octanol–water partition coefficient (Wildman–Crippen LogP) is 4.57. The summed E-state index contributed by atoms with van der Waals surface area (Å²) in [6.07, 6.45) is 1.01. The van der Waals surface area contributed by atoms with E-state index in [4.69, 9.17) is 13.7 Å². The Labute approximate surface area is 153 Å². The summed E-state index contributed by atoms with van der Waals surface area (Å²) < 4.78 is 32.8. The van der Waals surface area contributed by atoms with E-state index in [9.17, 15) is 9.90 Å². The number of aromatic carboxylic acids is 1. The van der Waals surface area contributed by atoms with Gasteiger partial charge in [0.05, 0.1) is 11.2 Å². The molecule has 1 aliphatic heterocycles. The molecule has 1 aromatic heterocycles. The molecule has 0 unspecified atom stereocenters. The van der Waals surface area contributed by atoms with Crippen LogP contribution in [0.2, 0.25) is 0 Å². The highest BCUT2D eigenvalue weighted by molar-refractivity contribution is 6.55. The monoisotopic (exact) mass is 364 g/mol. The van der Waals surface area contributed by atoms with Crippen LogP contribution in [0.5, 0.6) is 0 Å². The first-order chi connectivity index (χ1) is 11.8. The van der Waals surface area contributed by atoms with Crippen LogP contribution >= 0.6 is 0 Å². The van der Waals surface area contributed by atoms with E-state index >= 15 is 4.39 Å². The van der Waals surface area contributed by atoms with Gasteiger partial charge in [-0.1, -0.05) is 13.8 Å². The average Bonchev–Trinajstić information content (AvgIpc) is 2.90.